The number of carbonyl (C=O) groups is 3. The lowest BCUT2D eigenvalue weighted by molar-refractivity contribution is -0.163. The standard InChI is InChI=1S/C17H22O5/c1-8-7-12-14(9(2)16(20)22-12)15(21-10(3)18)17(4)11(8)5-6-13(17)19/h8,11-12,14-15H,2,5-7H2,1,3-4H3/t8-,11+,12?,14-,15+,17+/m1/s1. The molecule has 0 spiro atoms. The lowest BCUT2D eigenvalue weighted by atomic mass is 9.68. The van der Waals surface area contributed by atoms with Crippen LogP contribution in [0.4, 0.5) is 0 Å². The summed E-state index contributed by atoms with van der Waals surface area (Å²) < 4.78 is 11.0. The summed E-state index contributed by atoms with van der Waals surface area (Å²) in [6.07, 6.45) is 0.963. The predicted octanol–water partition coefficient (Wildman–Crippen LogP) is 2.04. The lowest BCUT2D eigenvalue weighted by Crippen LogP contribution is -2.48. The van der Waals surface area contributed by atoms with Crippen LogP contribution >= 0.6 is 0 Å². The van der Waals surface area contributed by atoms with Gasteiger partial charge in [0.05, 0.1) is 11.3 Å². The molecular weight excluding hydrogens is 284 g/mol. The van der Waals surface area contributed by atoms with Crippen LogP contribution in [0.1, 0.15) is 40.0 Å². The molecule has 3 aliphatic rings. The second kappa shape index (κ2) is 4.93. The topological polar surface area (TPSA) is 69.7 Å². The van der Waals surface area contributed by atoms with E-state index < -0.39 is 29.4 Å². The van der Waals surface area contributed by atoms with Gasteiger partial charge >= 0.3 is 11.9 Å². The van der Waals surface area contributed by atoms with Crippen LogP contribution in [0.2, 0.25) is 0 Å². The minimum Gasteiger partial charge on any atom is -0.461 e. The molecule has 1 heterocycles. The molecule has 1 saturated heterocycles. The average molecular weight is 306 g/mol. The maximum atomic E-state index is 12.7. The van der Waals surface area contributed by atoms with Gasteiger partial charge in [-0.05, 0) is 31.6 Å². The quantitative estimate of drug-likeness (QED) is 0.548. The molecule has 0 radical (unpaired) electrons. The summed E-state index contributed by atoms with van der Waals surface area (Å²) in [4.78, 5) is 36.2. The number of fused-ring (bicyclic) bond motifs is 2. The third-order valence-corrected chi connectivity index (χ3v) is 5.88. The van der Waals surface area contributed by atoms with E-state index in [9.17, 15) is 14.4 Å². The van der Waals surface area contributed by atoms with Gasteiger partial charge in [0.2, 0.25) is 0 Å². The van der Waals surface area contributed by atoms with E-state index in [1.54, 1.807) is 0 Å². The summed E-state index contributed by atoms with van der Waals surface area (Å²) >= 11 is 0. The Kier molecular flexibility index (Phi) is 3.42. The molecule has 2 saturated carbocycles. The molecule has 1 aliphatic heterocycles. The van der Waals surface area contributed by atoms with E-state index in [0.717, 1.165) is 6.42 Å². The van der Waals surface area contributed by atoms with Crippen molar-refractivity contribution >= 4 is 17.7 Å². The van der Waals surface area contributed by atoms with Gasteiger partial charge in [-0.2, -0.15) is 0 Å². The molecular formula is C17H22O5. The first-order valence-corrected chi connectivity index (χ1v) is 7.87. The smallest absolute Gasteiger partial charge is 0.334 e. The Balaban J connectivity index is 2.11. The molecule has 0 bridgehead atoms. The number of carbonyl (C=O) groups excluding carboxylic acids is 3. The van der Waals surface area contributed by atoms with Crippen molar-refractivity contribution in [3.05, 3.63) is 12.2 Å². The van der Waals surface area contributed by atoms with Gasteiger partial charge in [0.1, 0.15) is 18.0 Å². The minimum atomic E-state index is -0.762. The maximum Gasteiger partial charge on any atom is 0.334 e. The first-order valence-electron chi connectivity index (χ1n) is 7.87. The van der Waals surface area contributed by atoms with E-state index in [2.05, 4.69) is 13.5 Å². The van der Waals surface area contributed by atoms with E-state index >= 15 is 0 Å². The molecule has 5 heteroatoms. The highest BCUT2D eigenvalue weighted by atomic mass is 16.6. The van der Waals surface area contributed by atoms with Gasteiger partial charge in [-0.1, -0.05) is 13.5 Å². The molecule has 2 aliphatic carbocycles. The monoisotopic (exact) mass is 306 g/mol. The SMILES string of the molecule is C=C1C(=O)OC2C[C@@H](C)[C@@H]3CCC(=O)[C@@]3(C)[C@@H](OC(C)=O)[C@H]12. The van der Waals surface area contributed by atoms with Crippen LogP contribution in [0.25, 0.3) is 0 Å². The second-order valence-electron chi connectivity index (χ2n) is 7.09. The molecule has 6 atom stereocenters. The number of hydrogen-bond donors (Lipinski definition) is 0. The molecule has 3 fully saturated rings. The molecule has 1 unspecified atom stereocenters. The van der Waals surface area contributed by atoms with Gasteiger partial charge in [-0.15, -0.1) is 0 Å². The van der Waals surface area contributed by atoms with Gasteiger partial charge in [-0.25, -0.2) is 4.79 Å². The van der Waals surface area contributed by atoms with E-state index in [1.807, 2.05) is 6.92 Å². The number of rotatable bonds is 1. The number of hydrogen-bond acceptors (Lipinski definition) is 5. The van der Waals surface area contributed by atoms with E-state index in [1.165, 1.54) is 6.92 Å². The summed E-state index contributed by atoms with van der Waals surface area (Å²) in [5.74, 6) is -0.819. The first-order chi connectivity index (χ1) is 10.3. The largest absolute Gasteiger partial charge is 0.461 e. The Morgan fingerprint density at radius 3 is 2.73 bits per heavy atom. The number of Topliss-reactive ketones (excluding diaryl/α,β-unsaturated/α-hetero) is 1. The highest BCUT2D eigenvalue weighted by molar-refractivity contribution is 5.93. The van der Waals surface area contributed by atoms with Crippen LogP contribution in [0.15, 0.2) is 12.2 Å². The van der Waals surface area contributed by atoms with E-state index in [4.69, 9.17) is 9.47 Å². The highest BCUT2D eigenvalue weighted by Crippen LogP contribution is 2.56. The molecule has 3 rings (SSSR count). The Labute approximate surface area is 130 Å². The van der Waals surface area contributed by atoms with Crippen LogP contribution in [0.5, 0.6) is 0 Å². The maximum absolute atomic E-state index is 12.7. The third-order valence-electron chi connectivity index (χ3n) is 5.88. The van der Waals surface area contributed by atoms with Crippen LogP contribution < -0.4 is 0 Å². The normalized spacial score (nSPS) is 44.1. The fourth-order valence-electron chi connectivity index (χ4n) is 4.81. The van der Waals surface area contributed by atoms with E-state index in [0.29, 0.717) is 18.4 Å². The van der Waals surface area contributed by atoms with E-state index in [-0.39, 0.29) is 23.7 Å². The average Bonchev–Trinajstić information content (AvgIpc) is 2.84. The Bertz CT molecular complexity index is 565. The third kappa shape index (κ3) is 1.94. The Morgan fingerprint density at radius 2 is 2.09 bits per heavy atom. The van der Waals surface area contributed by atoms with Crippen molar-refractivity contribution in [1.82, 2.24) is 0 Å². The zero-order chi connectivity index (χ0) is 16.2. The lowest BCUT2D eigenvalue weighted by Gasteiger charge is -2.39. The van der Waals surface area contributed by atoms with Crippen molar-refractivity contribution in [2.75, 3.05) is 0 Å². The molecule has 0 aromatic heterocycles. The van der Waals surface area contributed by atoms with Gasteiger partial charge < -0.3 is 9.47 Å². The minimum absolute atomic E-state index is 0.114. The summed E-state index contributed by atoms with van der Waals surface area (Å²) in [6.45, 7) is 9.14. The summed E-state index contributed by atoms with van der Waals surface area (Å²) in [5, 5.41) is 0. The molecule has 22 heavy (non-hydrogen) atoms. The van der Waals surface area contributed by atoms with Crippen molar-refractivity contribution < 1.29 is 23.9 Å². The molecule has 0 aromatic carbocycles. The first kappa shape index (κ1) is 15.3. The van der Waals surface area contributed by atoms with Gasteiger partial charge in [0, 0.05) is 18.9 Å². The van der Waals surface area contributed by atoms with Crippen molar-refractivity contribution in [1.29, 1.82) is 0 Å². The molecule has 0 N–H and O–H groups in total. The highest BCUT2D eigenvalue weighted by Gasteiger charge is 2.63. The molecule has 5 nitrogen and oxygen atoms in total. The van der Waals surface area contributed by atoms with Crippen molar-refractivity contribution in [3.63, 3.8) is 0 Å². The van der Waals surface area contributed by atoms with Crippen molar-refractivity contribution in [3.8, 4) is 0 Å². The zero-order valence-corrected chi connectivity index (χ0v) is 13.3. The Morgan fingerprint density at radius 1 is 1.41 bits per heavy atom. The fourth-order valence-corrected chi connectivity index (χ4v) is 4.81. The number of esters is 2. The molecule has 0 amide bonds. The number of ketones is 1. The van der Waals surface area contributed by atoms with Crippen LogP contribution in [0.3, 0.4) is 0 Å². The molecule has 120 valence electrons. The molecule has 0 aromatic rings. The van der Waals surface area contributed by atoms with Crippen molar-refractivity contribution in [2.24, 2.45) is 23.2 Å². The summed E-state index contributed by atoms with van der Waals surface area (Å²) in [6, 6.07) is 0. The second-order valence-corrected chi connectivity index (χ2v) is 7.09. The Hall–Kier alpha value is -1.65. The van der Waals surface area contributed by atoms with Crippen molar-refractivity contribution in [2.45, 2.75) is 52.2 Å². The van der Waals surface area contributed by atoms with Crippen LogP contribution in [0, 0.1) is 23.2 Å². The summed E-state index contributed by atoms with van der Waals surface area (Å²) in [7, 11) is 0. The van der Waals surface area contributed by atoms with Gasteiger partial charge in [-0.3, -0.25) is 9.59 Å². The fraction of sp³-hybridized carbons (Fsp3) is 0.706. The predicted molar refractivity (Wildman–Crippen MR) is 77.7 cm³/mol. The van der Waals surface area contributed by atoms with Crippen LogP contribution in [-0.4, -0.2) is 29.9 Å². The van der Waals surface area contributed by atoms with Crippen LogP contribution in [-0.2, 0) is 23.9 Å². The zero-order valence-electron chi connectivity index (χ0n) is 13.3. The van der Waals surface area contributed by atoms with Gasteiger partial charge in [0.25, 0.3) is 0 Å². The number of ether oxygens (including phenoxy) is 2. The summed E-state index contributed by atoms with van der Waals surface area (Å²) in [5.41, 5.74) is -0.438. The van der Waals surface area contributed by atoms with Gasteiger partial charge in [0.15, 0.2) is 0 Å².